The summed E-state index contributed by atoms with van der Waals surface area (Å²) in [7, 11) is 1.95. The summed E-state index contributed by atoms with van der Waals surface area (Å²) in [5.74, 6) is 4.59. The zero-order valence-electron chi connectivity index (χ0n) is 13.2. The van der Waals surface area contributed by atoms with Gasteiger partial charge in [0.2, 0.25) is 0 Å². The molecule has 2 unspecified atom stereocenters. The molecule has 4 nitrogen and oxygen atoms in total. The highest BCUT2D eigenvalue weighted by molar-refractivity contribution is 7.98. The van der Waals surface area contributed by atoms with Crippen molar-refractivity contribution >= 4 is 17.6 Å². The summed E-state index contributed by atoms with van der Waals surface area (Å²) >= 11 is 1.92. The fourth-order valence-electron chi connectivity index (χ4n) is 3.64. The SMILES string of the molecule is CCOC1(c2nc3c(c(NC)n2)CSC3)CCCC(C)C1. The van der Waals surface area contributed by atoms with Gasteiger partial charge in [-0.05, 0) is 32.1 Å². The van der Waals surface area contributed by atoms with E-state index in [1.807, 2.05) is 18.8 Å². The second-order valence-corrected chi connectivity index (χ2v) is 7.18. The monoisotopic (exact) mass is 307 g/mol. The van der Waals surface area contributed by atoms with Crippen LogP contribution in [-0.2, 0) is 21.8 Å². The standard InChI is InChI=1S/C16H25N3OS/c1-4-20-16(7-5-6-11(2)8-16)15-18-13-10-21-9-12(13)14(17-3)19-15/h11H,4-10H2,1-3H3,(H,17,18,19). The molecule has 21 heavy (non-hydrogen) atoms. The lowest BCUT2D eigenvalue weighted by molar-refractivity contribution is -0.0881. The van der Waals surface area contributed by atoms with Gasteiger partial charge < -0.3 is 10.1 Å². The number of hydrogen-bond acceptors (Lipinski definition) is 5. The molecule has 0 amide bonds. The van der Waals surface area contributed by atoms with Gasteiger partial charge in [0.05, 0.1) is 5.69 Å². The van der Waals surface area contributed by atoms with E-state index in [1.165, 1.54) is 24.1 Å². The summed E-state index contributed by atoms with van der Waals surface area (Å²) in [5.41, 5.74) is 2.20. The molecule has 0 bridgehead atoms. The van der Waals surface area contributed by atoms with Gasteiger partial charge in [-0.15, -0.1) is 0 Å². The van der Waals surface area contributed by atoms with E-state index >= 15 is 0 Å². The van der Waals surface area contributed by atoms with Crippen molar-refractivity contribution in [2.24, 2.45) is 5.92 Å². The summed E-state index contributed by atoms with van der Waals surface area (Å²) in [6, 6.07) is 0. The maximum atomic E-state index is 6.23. The predicted octanol–water partition coefficient (Wildman–Crippen LogP) is 3.71. The van der Waals surface area contributed by atoms with Crippen LogP contribution in [0.1, 0.15) is 56.6 Å². The molecule has 2 aliphatic rings. The third-order valence-electron chi connectivity index (χ3n) is 4.60. The second-order valence-electron chi connectivity index (χ2n) is 6.19. The first-order valence-electron chi connectivity index (χ1n) is 7.98. The molecule has 0 aromatic carbocycles. The molecule has 5 heteroatoms. The molecule has 0 saturated heterocycles. The Balaban J connectivity index is 2.03. The van der Waals surface area contributed by atoms with Crippen LogP contribution in [0.2, 0.25) is 0 Å². The third kappa shape index (κ3) is 2.78. The number of rotatable bonds is 4. The molecule has 2 heterocycles. The largest absolute Gasteiger partial charge is 0.373 e. The first-order valence-corrected chi connectivity index (χ1v) is 9.13. The second kappa shape index (κ2) is 6.13. The van der Waals surface area contributed by atoms with Crippen LogP contribution in [0.3, 0.4) is 0 Å². The molecular weight excluding hydrogens is 282 g/mol. The van der Waals surface area contributed by atoms with E-state index in [9.17, 15) is 0 Å². The Hall–Kier alpha value is -0.810. The van der Waals surface area contributed by atoms with Crippen molar-refractivity contribution in [2.75, 3.05) is 19.0 Å². The number of nitrogens with zero attached hydrogens (tertiary/aromatic N) is 2. The number of ether oxygens (including phenoxy) is 1. The van der Waals surface area contributed by atoms with Gasteiger partial charge in [-0.3, -0.25) is 0 Å². The van der Waals surface area contributed by atoms with Gasteiger partial charge in [-0.25, -0.2) is 9.97 Å². The summed E-state index contributed by atoms with van der Waals surface area (Å²) < 4.78 is 6.23. The number of nitrogens with one attached hydrogen (secondary N) is 1. The third-order valence-corrected chi connectivity index (χ3v) is 5.57. The number of hydrogen-bond donors (Lipinski definition) is 1. The van der Waals surface area contributed by atoms with Crippen LogP contribution in [0.15, 0.2) is 0 Å². The van der Waals surface area contributed by atoms with Crippen LogP contribution < -0.4 is 5.32 Å². The quantitative estimate of drug-likeness (QED) is 0.919. The van der Waals surface area contributed by atoms with Gasteiger partial charge in [0.25, 0.3) is 0 Å². The van der Waals surface area contributed by atoms with Crippen LogP contribution in [0.5, 0.6) is 0 Å². The Morgan fingerprint density at radius 1 is 1.38 bits per heavy atom. The Labute approximate surface area is 131 Å². The van der Waals surface area contributed by atoms with Crippen molar-refractivity contribution in [3.8, 4) is 0 Å². The maximum Gasteiger partial charge on any atom is 0.162 e. The molecule has 116 valence electrons. The van der Waals surface area contributed by atoms with Crippen molar-refractivity contribution in [1.82, 2.24) is 9.97 Å². The Morgan fingerprint density at radius 3 is 2.95 bits per heavy atom. The number of aromatic nitrogens is 2. The average Bonchev–Trinajstić information content (AvgIpc) is 2.95. The van der Waals surface area contributed by atoms with Gasteiger partial charge in [-0.2, -0.15) is 11.8 Å². The van der Waals surface area contributed by atoms with E-state index in [-0.39, 0.29) is 5.60 Å². The Bertz CT molecular complexity index is 518. The van der Waals surface area contributed by atoms with Crippen LogP contribution in [-0.4, -0.2) is 23.6 Å². The highest BCUT2D eigenvalue weighted by Crippen LogP contribution is 2.43. The summed E-state index contributed by atoms with van der Waals surface area (Å²) in [6.45, 7) is 5.11. The van der Waals surface area contributed by atoms with Crippen molar-refractivity contribution < 1.29 is 4.74 Å². The first kappa shape index (κ1) is 15.1. The topological polar surface area (TPSA) is 47.0 Å². The van der Waals surface area contributed by atoms with Crippen LogP contribution in [0.4, 0.5) is 5.82 Å². The van der Waals surface area contributed by atoms with Crippen molar-refractivity contribution in [1.29, 1.82) is 0 Å². The fourth-order valence-corrected chi connectivity index (χ4v) is 4.68. The molecule has 1 aromatic heterocycles. The molecule has 1 aromatic rings. The van der Waals surface area contributed by atoms with E-state index in [0.717, 1.165) is 42.6 Å². The van der Waals surface area contributed by atoms with Crippen molar-refractivity contribution in [2.45, 2.75) is 56.6 Å². The molecule has 1 aliphatic heterocycles. The van der Waals surface area contributed by atoms with Crippen LogP contribution in [0.25, 0.3) is 0 Å². The maximum absolute atomic E-state index is 6.23. The average molecular weight is 307 g/mol. The van der Waals surface area contributed by atoms with Gasteiger partial charge in [0.1, 0.15) is 11.4 Å². The lowest BCUT2D eigenvalue weighted by Gasteiger charge is -2.38. The van der Waals surface area contributed by atoms with Gasteiger partial charge in [-0.1, -0.05) is 13.3 Å². The molecule has 0 radical (unpaired) electrons. The smallest absolute Gasteiger partial charge is 0.162 e. The minimum atomic E-state index is -0.277. The summed E-state index contributed by atoms with van der Waals surface area (Å²) in [5, 5.41) is 3.26. The number of anilines is 1. The lowest BCUT2D eigenvalue weighted by atomic mass is 9.78. The Kier molecular flexibility index (Phi) is 4.41. The summed E-state index contributed by atoms with van der Waals surface area (Å²) in [4.78, 5) is 9.77. The minimum Gasteiger partial charge on any atom is -0.373 e. The van der Waals surface area contributed by atoms with Crippen molar-refractivity contribution in [3.05, 3.63) is 17.1 Å². The molecule has 0 spiro atoms. The molecule has 1 aliphatic carbocycles. The summed E-state index contributed by atoms with van der Waals surface area (Å²) in [6.07, 6.45) is 4.57. The minimum absolute atomic E-state index is 0.277. The highest BCUT2D eigenvalue weighted by Gasteiger charge is 2.41. The van der Waals surface area contributed by atoms with Crippen molar-refractivity contribution in [3.63, 3.8) is 0 Å². The fraction of sp³-hybridized carbons (Fsp3) is 0.750. The Morgan fingerprint density at radius 2 is 2.24 bits per heavy atom. The highest BCUT2D eigenvalue weighted by atomic mass is 32.2. The van der Waals surface area contributed by atoms with Gasteiger partial charge in [0.15, 0.2) is 5.82 Å². The molecule has 3 rings (SSSR count). The molecular formula is C16H25N3OS. The van der Waals surface area contributed by atoms with E-state index in [2.05, 4.69) is 19.2 Å². The van der Waals surface area contributed by atoms with Gasteiger partial charge >= 0.3 is 0 Å². The normalized spacial score (nSPS) is 28.4. The zero-order valence-corrected chi connectivity index (χ0v) is 14.1. The number of thioether (sulfide) groups is 1. The molecule has 1 N–H and O–H groups in total. The van der Waals surface area contributed by atoms with E-state index in [0.29, 0.717) is 5.92 Å². The van der Waals surface area contributed by atoms with Crippen LogP contribution >= 0.6 is 11.8 Å². The van der Waals surface area contributed by atoms with E-state index < -0.39 is 0 Å². The predicted molar refractivity (Wildman–Crippen MR) is 87.5 cm³/mol. The van der Waals surface area contributed by atoms with E-state index in [1.54, 1.807) is 0 Å². The first-order chi connectivity index (χ1) is 10.2. The zero-order chi connectivity index (χ0) is 14.9. The van der Waals surface area contributed by atoms with Crippen LogP contribution in [0, 0.1) is 5.92 Å². The molecule has 1 fully saturated rings. The molecule has 2 atom stereocenters. The molecule has 1 saturated carbocycles. The lowest BCUT2D eigenvalue weighted by Crippen LogP contribution is -2.37. The van der Waals surface area contributed by atoms with Gasteiger partial charge in [0, 0.05) is 30.7 Å². The number of fused-ring (bicyclic) bond motifs is 1. The van der Waals surface area contributed by atoms with E-state index in [4.69, 9.17) is 14.7 Å².